The molecule has 0 aliphatic heterocycles. The minimum atomic E-state index is -0.960. The Hall–Kier alpha value is -2.04. The Bertz CT molecular complexity index is 746. The van der Waals surface area contributed by atoms with Gasteiger partial charge in [-0.2, -0.15) is 0 Å². The van der Waals surface area contributed by atoms with Crippen LogP contribution in [0.15, 0.2) is 42.5 Å². The van der Waals surface area contributed by atoms with Gasteiger partial charge in [0.25, 0.3) is 0 Å². The van der Waals surface area contributed by atoms with Crippen molar-refractivity contribution in [3.05, 3.63) is 52.5 Å². The molecule has 1 N–H and O–H groups in total. The van der Waals surface area contributed by atoms with Gasteiger partial charge in [-0.1, -0.05) is 47.5 Å². The molecule has 120 valence electrons. The summed E-state index contributed by atoms with van der Waals surface area (Å²) in [5, 5.41) is 9.86. The summed E-state index contributed by atoms with van der Waals surface area (Å²) in [7, 11) is 0. The van der Waals surface area contributed by atoms with E-state index in [1.807, 2.05) is 12.1 Å². The van der Waals surface area contributed by atoms with Crippen molar-refractivity contribution in [1.82, 2.24) is 0 Å². The fourth-order valence-corrected chi connectivity index (χ4v) is 2.81. The lowest BCUT2D eigenvalue weighted by Gasteiger charge is -2.24. The van der Waals surface area contributed by atoms with Gasteiger partial charge in [0.1, 0.15) is 0 Å². The molecule has 2 rings (SSSR count). The van der Waals surface area contributed by atoms with Gasteiger partial charge in [-0.3, -0.25) is 9.59 Å². The van der Waals surface area contributed by atoms with Gasteiger partial charge < -0.3 is 10.0 Å². The molecule has 6 heteroatoms. The molecule has 4 nitrogen and oxygen atoms in total. The van der Waals surface area contributed by atoms with E-state index < -0.39 is 5.97 Å². The lowest BCUT2D eigenvalue weighted by Crippen LogP contribution is -2.31. The standard InChI is InChI=1S/C17H15Cl2NO3/c1-11(21)20(9-8-17(22)23)16-5-3-2-4-14(16)13-7-6-12(18)10-15(13)19/h2-7,10H,8-9H2,1H3,(H,22,23). The Morgan fingerprint density at radius 1 is 1.09 bits per heavy atom. The first-order valence-electron chi connectivity index (χ1n) is 6.94. The van der Waals surface area contributed by atoms with Crippen LogP contribution < -0.4 is 4.90 Å². The largest absolute Gasteiger partial charge is 0.481 e. The van der Waals surface area contributed by atoms with Crippen molar-refractivity contribution in [3.8, 4) is 11.1 Å². The summed E-state index contributed by atoms with van der Waals surface area (Å²) in [5.74, 6) is -1.19. The number of hydrogen-bond donors (Lipinski definition) is 1. The molecule has 0 saturated carbocycles. The van der Waals surface area contributed by atoms with E-state index in [1.165, 1.54) is 11.8 Å². The molecule has 0 aliphatic rings. The van der Waals surface area contributed by atoms with Crippen molar-refractivity contribution in [2.45, 2.75) is 13.3 Å². The summed E-state index contributed by atoms with van der Waals surface area (Å²) in [6.07, 6.45) is -0.137. The third-order valence-corrected chi connectivity index (χ3v) is 3.89. The predicted octanol–water partition coefficient (Wildman–Crippen LogP) is 4.49. The summed E-state index contributed by atoms with van der Waals surface area (Å²) in [6, 6.07) is 12.3. The summed E-state index contributed by atoms with van der Waals surface area (Å²) in [6.45, 7) is 1.50. The number of halogens is 2. The van der Waals surface area contributed by atoms with Crippen LogP contribution in [0, 0.1) is 0 Å². The number of benzene rings is 2. The van der Waals surface area contributed by atoms with Gasteiger partial charge in [0, 0.05) is 34.6 Å². The summed E-state index contributed by atoms with van der Waals surface area (Å²) in [4.78, 5) is 24.2. The Kier molecular flexibility index (Phi) is 5.64. The molecule has 2 aromatic carbocycles. The highest BCUT2D eigenvalue weighted by Gasteiger charge is 2.18. The van der Waals surface area contributed by atoms with Crippen LogP contribution in [0.4, 0.5) is 5.69 Å². The number of aliphatic carboxylic acids is 1. The third kappa shape index (κ3) is 4.24. The Labute approximate surface area is 144 Å². The number of carboxylic acid groups (broad SMARTS) is 1. The molecule has 0 spiro atoms. The average molecular weight is 352 g/mol. The van der Waals surface area contributed by atoms with Crippen LogP contribution in [0.1, 0.15) is 13.3 Å². The number of nitrogens with zero attached hydrogens (tertiary/aromatic N) is 1. The number of amides is 1. The van der Waals surface area contributed by atoms with Gasteiger partial charge >= 0.3 is 5.97 Å². The number of carbonyl (C=O) groups is 2. The van der Waals surface area contributed by atoms with Gasteiger partial charge in [0.15, 0.2) is 0 Å². The topological polar surface area (TPSA) is 57.6 Å². The summed E-state index contributed by atoms with van der Waals surface area (Å²) < 4.78 is 0. The molecule has 0 fully saturated rings. The number of carbonyl (C=O) groups excluding carboxylic acids is 1. The molecule has 0 aromatic heterocycles. The number of hydrogen-bond acceptors (Lipinski definition) is 2. The highest BCUT2D eigenvalue weighted by Crippen LogP contribution is 2.36. The minimum absolute atomic E-state index is 0.0902. The van der Waals surface area contributed by atoms with Gasteiger partial charge in [-0.25, -0.2) is 0 Å². The lowest BCUT2D eigenvalue weighted by atomic mass is 10.0. The Morgan fingerprint density at radius 2 is 1.78 bits per heavy atom. The second-order valence-electron chi connectivity index (χ2n) is 4.96. The molecule has 1 amide bonds. The highest BCUT2D eigenvalue weighted by atomic mass is 35.5. The number of carboxylic acids is 1. The van der Waals surface area contributed by atoms with Crippen LogP contribution in [0.2, 0.25) is 10.0 Å². The maximum atomic E-state index is 12.0. The predicted molar refractivity (Wildman–Crippen MR) is 92.2 cm³/mol. The monoisotopic (exact) mass is 351 g/mol. The molecule has 0 heterocycles. The average Bonchev–Trinajstić information content (AvgIpc) is 2.47. The third-order valence-electron chi connectivity index (χ3n) is 3.35. The highest BCUT2D eigenvalue weighted by molar-refractivity contribution is 6.36. The fourth-order valence-electron chi connectivity index (χ4n) is 2.30. The molecule has 0 saturated heterocycles. The normalized spacial score (nSPS) is 10.4. The van der Waals surface area contributed by atoms with E-state index in [-0.39, 0.29) is 18.9 Å². The second kappa shape index (κ2) is 7.49. The number of anilines is 1. The summed E-state index contributed by atoms with van der Waals surface area (Å²) >= 11 is 12.2. The van der Waals surface area contributed by atoms with Gasteiger partial charge in [-0.15, -0.1) is 0 Å². The molecule has 0 radical (unpaired) electrons. The quantitative estimate of drug-likeness (QED) is 0.863. The van der Waals surface area contributed by atoms with Crippen molar-refractivity contribution in [3.63, 3.8) is 0 Å². The van der Waals surface area contributed by atoms with Crippen molar-refractivity contribution in [1.29, 1.82) is 0 Å². The molecule has 0 atom stereocenters. The van der Waals surface area contributed by atoms with Crippen LogP contribution in [0.25, 0.3) is 11.1 Å². The first-order valence-corrected chi connectivity index (χ1v) is 7.70. The van der Waals surface area contributed by atoms with Crippen molar-refractivity contribution in [2.75, 3.05) is 11.4 Å². The van der Waals surface area contributed by atoms with Gasteiger partial charge in [-0.05, 0) is 18.2 Å². The van der Waals surface area contributed by atoms with Crippen LogP contribution in [-0.2, 0) is 9.59 Å². The maximum absolute atomic E-state index is 12.0. The zero-order valence-corrected chi connectivity index (χ0v) is 13.9. The molecule has 23 heavy (non-hydrogen) atoms. The van der Waals surface area contributed by atoms with Crippen molar-refractivity contribution in [2.24, 2.45) is 0 Å². The number of para-hydroxylation sites is 1. The van der Waals surface area contributed by atoms with E-state index in [2.05, 4.69) is 0 Å². The zero-order valence-electron chi connectivity index (χ0n) is 12.4. The van der Waals surface area contributed by atoms with E-state index in [1.54, 1.807) is 30.3 Å². The molecular weight excluding hydrogens is 337 g/mol. The maximum Gasteiger partial charge on any atom is 0.305 e. The van der Waals surface area contributed by atoms with Crippen molar-refractivity contribution >= 4 is 40.8 Å². The van der Waals surface area contributed by atoms with E-state index in [0.29, 0.717) is 15.7 Å². The molecule has 0 bridgehead atoms. The lowest BCUT2D eigenvalue weighted by molar-refractivity contribution is -0.136. The smallest absolute Gasteiger partial charge is 0.305 e. The molecule has 0 unspecified atom stereocenters. The van der Waals surface area contributed by atoms with E-state index in [4.69, 9.17) is 28.3 Å². The molecule has 0 aliphatic carbocycles. The minimum Gasteiger partial charge on any atom is -0.481 e. The Morgan fingerprint density at radius 3 is 2.39 bits per heavy atom. The summed E-state index contributed by atoms with van der Waals surface area (Å²) in [5.41, 5.74) is 2.09. The van der Waals surface area contributed by atoms with E-state index in [0.717, 1.165) is 11.1 Å². The van der Waals surface area contributed by atoms with Gasteiger partial charge in [0.05, 0.1) is 12.1 Å². The SMILES string of the molecule is CC(=O)N(CCC(=O)O)c1ccccc1-c1ccc(Cl)cc1Cl. The van der Waals surface area contributed by atoms with Crippen molar-refractivity contribution < 1.29 is 14.7 Å². The first kappa shape index (κ1) is 17.3. The Balaban J connectivity index is 2.50. The van der Waals surface area contributed by atoms with Crippen LogP contribution in [0.3, 0.4) is 0 Å². The fraction of sp³-hybridized carbons (Fsp3) is 0.176. The second-order valence-corrected chi connectivity index (χ2v) is 5.80. The van der Waals surface area contributed by atoms with Crippen LogP contribution in [-0.4, -0.2) is 23.5 Å². The van der Waals surface area contributed by atoms with E-state index in [9.17, 15) is 9.59 Å². The molecular formula is C17H15Cl2NO3. The van der Waals surface area contributed by atoms with Crippen LogP contribution >= 0.6 is 23.2 Å². The molecule has 2 aromatic rings. The van der Waals surface area contributed by atoms with Gasteiger partial charge in [0.2, 0.25) is 5.91 Å². The zero-order chi connectivity index (χ0) is 17.0. The first-order chi connectivity index (χ1) is 10.9. The van der Waals surface area contributed by atoms with Crippen LogP contribution in [0.5, 0.6) is 0 Å². The van der Waals surface area contributed by atoms with E-state index >= 15 is 0 Å². The number of rotatable bonds is 5.